The molecule has 1 N–H and O–H groups in total. The maximum atomic E-state index is 12.3. The van der Waals surface area contributed by atoms with Crippen molar-refractivity contribution in [3.05, 3.63) is 59.7 Å². The Morgan fingerprint density at radius 3 is 2.61 bits per heavy atom. The van der Waals surface area contributed by atoms with E-state index in [1.54, 1.807) is 24.3 Å². The fourth-order valence-corrected chi connectivity index (χ4v) is 2.55. The molecule has 2 aromatic rings. The standard InChI is InChI=1S/C16H11F3N2OS/c17-16(18,19)10-23-14-7-2-1-6-13(14)21-15(22)12-5-3-4-11(8-12)9-20/h1-8H,10H2,(H,21,22). The molecule has 0 atom stereocenters. The lowest BCUT2D eigenvalue weighted by Gasteiger charge is -2.12. The minimum Gasteiger partial charge on any atom is -0.321 e. The number of carbonyl (C=O) groups excluding carboxylic acids is 1. The van der Waals surface area contributed by atoms with Gasteiger partial charge in [0.25, 0.3) is 5.91 Å². The number of nitrogens with zero attached hydrogens (tertiary/aromatic N) is 1. The van der Waals surface area contributed by atoms with E-state index < -0.39 is 17.8 Å². The Morgan fingerprint density at radius 2 is 1.91 bits per heavy atom. The van der Waals surface area contributed by atoms with Crippen LogP contribution in [0.25, 0.3) is 0 Å². The summed E-state index contributed by atoms with van der Waals surface area (Å²) in [7, 11) is 0. The molecule has 0 heterocycles. The Hall–Kier alpha value is -2.46. The fourth-order valence-electron chi connectivity index (χ4n) is 1.78. The molecule has 2 aromatic carbocycles. The third-order valence-electron chi connectivity index (χ3n) is 2.78. The molecule has 0 aromatic heterocycles. The second kappa shape index (κ2) is 7.20. The summed E-state index contributed by atoms with van der Waals surface area (Å²) in [5, 5.41) is 11.4. The number of nitriles is 1. The van der Waals surface area contributed by atoms with Crippen molar-refractivity contribution in [3.8, 4) is 6.07 Å². The Kier molecular flexibility index (Phi) is 5.29. The molecule has 0 radical (unpaired) electrons. The maximum Gasteiger partial charge on any atom is 0.398 e. The van der Waals surface area contributed by atoms with Gasteiger partial charge in [0.2, 0.25) is 0 Å². The van der Waals surface area contributed by atoms with Crippen molar-refractivity contribution in [1.82, 2.24) is 0 Å². The van der Waals surface area contributed by atoms with Crippen molar-refractivity contribution >= 4 is 23.4 Å². The number of alkyl halides is 3. The molecule has 118 valence electrons. The van der Waals surface area contributed by atoms with Gasteiger partial charge in [-0.05, 0) is 30.3 Å². The first-order chi connectivity index (χ1) is 10.9. The predicted octanol–water partition coefficient (Wildman–Crippen LogP) is 4.46. The average molecular weight is 336 g/mol. The molecule has 23 heavy (non-hydrogen) atoms. The van der Waals surface area contributed by atoms with Crippen molar-refractivity contribution in [3.63, 3.8) is 0 Å². The van der Waals surface area contributed by atoms with E-state index in [0.717, 1.165) is 0 Å². The van der Waals surface area contributed by atoms with E-state index in [1.165, 1.54) is 24.3 Å². The van der Waals surface area contributed by atoms with Gasteiger partial charge in [-0.2, -0.15) is 18.4 Å². The van der Waals surface area contributed by atoms with Crippen molar-refractivity contribution in [2.75, 3.05) is 11.1 Å². The molecule has 2 rings (SSSR count). The van der Waals surface area contributed by atoms with Crippen LogP contribution in [0.3, 0.4) is 0 Å². The molecule has 0 spiro atoms. The van der Waals surface area contributed by atoms with Crippen LogP contribution in [0.15, 0.2) is 53.4 Å². The van der Waals surface area contributed by atoms with E-state index in [0.29, 0.717) is 27.9 Å². The van der Waals surface area contributed by atoms with Crippen LogP contribution in [0.4, 0.5) is 18.9 Å². The molecule has 1 amide bonds. The first-order valence-corrected chi connectivity index (χ1v) is 7.48. The molecule has 3 nitrogen and oxygen atoms in total. The van der Waals surface area contributed by atoms with Gasteiger partial charge < -0.3 is 5.32 Å². The molecule has 0 aliphatic rings. The van der Waals surface area contributed by atoms with Gasteiger partial charge in [-0.1, -0.05) is 18.2 Å². The van der Waals surface area contributed by atoms with Gasteiger partial charge in [-0.15, -0.1) is 11.8 Å². The number of benzene rings is 2. The average Bonchev–Trinajstić information content (AvgIpc) is 2.53. The second-order valence-electron chi connectivity index (χ2n) is 4.55. The summed E-state index contributed by atoms with van der Waals surface area (Å²) in [5.41, 5.74) is 0.895. The maximum absolute atomic E-state index is 12.3. The third kappa shape index (κ3) is 5.04. The van der Waals surface area contributed by atoms with Gasteiger partial charge in [0.15, 0.2) is 0 Å². The minimum atomic E-state index is -4.29. The number of halogens is 3. The van der Waals surface area contributed by atoms with Crippen LogP contribution >= 0.6 is 11.8 Å². The number of nitrogens with one attached hydrogen (secondary N) is 1. The zero-order chi connectivity index (χ0) is 16.9. The highest BCUT2D eigenvalue weighted by molar-refractivity contribution is 7.99. The Bertz CT molecular complexity index is 753. The van der Waals surface area contributed by atoms with E-state index in [-0.39, 0.29) is 5.56 Å². The molecule has 0 fully saturated rings. The lowest BCUT2D eigenvalue weighted by atomic mass is 10.1. The molecule has 0 saturated carbocycles. The molecule has 0 aliphatic carbocycles. The number of hydrogen-bond donors (Lipinski definition) is 1. The molecule has 0 saturated heterocycles. The number of rotatable bonds is 4. The topological polar surface area (TPSA) is 52.9 Å². The van der Waals surface area contributed by atoms with Crippen LogP contribution in [0.2, 0.25) is 0 Å². The number of thioether (sulfide) groups is 1. The highest BCUT2D eigenvalue weighted by atomic mass is 32.2. The molecular weight excluding hydrogens is 325 g/mol. The second-order valence-corrected chi connectivity index (χ2v) is 5.56. The summed E-state index contributed by atoms with van der Waals surface area (Å²) in [6.07, 6.45) is -4.29. The van der Waals surface area contributed by atoms with Gasteiger partial charge in [0, 0.05) is 10.5 Å². The quantitative estimate of drug-likeness (QED) is 0.839. The molecule has 0 bridgehead atoms. The Balaban J connectivity index is 2.16. The fraction of sp³-hybridized carbons (Fsp3) is 0.125. The lowest BCUT2D eigenvalue weighted by Crippen LogP contribution is -2.14. The molecule has 0 aliphatic heterocycles. The van der Waals surface area contributed by atoms with Crippen molar-refractivity contribution < 1.29 is 18.0 Å². The number of amides is 1. The van der Waals surface area contributed by atoms with Gasteiger partial charge in [-0.25, -0.2) is 0 Å². The van der Waals surface area contributed by atoms with E-state index in [4.69, 9.17) is 5.26 Å². The smallest absolute Gasteiger partial charge is 0.321 e. The molecule has 0 unspecified atom stereocenters. The number of anilines is 1. The third-order valence-corrected chi connectivity index (χ3v) is 3.92. The van der Waals surface area contributed by atoms with Crippen LogP contribution in [0.1, 0.15) is 15.9 Å². The van der Waals surface area contributed by atoms with Crippen LogP contribution < -0.4 is 5.32 Å². The van der Waals surface area contributed by atoms with E-state index in [2.05, 4.69) is 5.32 Å². The monoisotopic (exact) mass is 336 g/mol. The summed E-state index contributed by atoms with van der Waals surface area (Å²) in [6, 6.07) is 14.3. The van der Waals surface area contributed by atoms with Crippen LogP contribution in [0.5, 0.6) is 0 Å². The Labute approximate surface area is 135 Å². The van der Waals surface area contributed by atoms with Gasteiger partial charge in [-0.3, -0.25) is 4.79 Å². The predicted molar refractivity (Wildman–Crippen MR) is 82.3 cm³/mol. The van der Waals surface area contributed by atoms with Crippen molar-refractivity contribution in [2.24, 2.45) is 0 Å². The molecule has 7 heteroatoms. The summed E-state index contributed by atoms with van der Waals surface area (Å²) in [5.74, 6) is -1.52. The van der Waals surface area contributed by atoms with Crippen LogP contribution in [0, 0.1) is 11.3 Å². The first kappa shape index (κ1) is 16.9. The summed E-state index contributed by atoms with van der Waals surface area (Å²) in [4.78, 5) is 12.5. The first-order valence-electron chi connectivity index (χ1n) is 6.49. The zero-order valence-electron chi connectivity index (χ0n) is 11.7. The largest absolute Gasteiger partial charge is 0.398 e. The lowest BCUT2D eigenvalue weighted by molar-refractivity contribution is -0.105. The van der Waals surface area contributed by atoms with Crippen molar-refractivity contribution in [1.29, 1.82) is 5.26 Å². The minimum absolute atomic E-state index is 0.264. The number of hydrogen-bond acceptors (Lipinski definition) is 3. The van der Waals surface area contributed by atoms with Gasteiger partial charge in [0.05, 0.1) is 23.1 Å². The zero-order valence-corrected chi connectivity index (χ0v) is 12.5. The Morgan fingerprint density at radius 1 is 1.17 bits per heavy atom. The van der Waals surface area contributed by atoms with E-state index in [1.807, 2.05) is 6.07 Å². The highest BCUT2D eigenvalue weighted by Gasteiger charge is 2.27. The highest BCUT2D eigenvalue weighted by Crippen LogP contribution is 2.32. The van der Waals surface area contributed by atoms with Gasteiger partial charge in [0.1, 0.15) is 0 Å². The van der Waals surface area contributed by atoms with E-state index in [9.17, 15) is 18.0 Å². The van der Waals surface area contributed by atoms with Crippen LogP contribution in [-0.4, -0.2) is 17.8 Å². The SMILES string of the molecule is N#Cc1cccc(C(=O)Nc2ccccc2SCC(F)(F)F)c1. The van der Waals surface area contributed by atoms with E-state index >= 15 is 0 Å². The van der Waals surface area contributed by atoms with Gasteiger partial charge >= 0.3 is 6.18 Å². The summed E-state index contributed by atoms with van der Waals surface area (Å²) >= 11 is 0.607. The number of carbonyl (C=O) groups is 1. The van der Waals surface area contributed by atoms with Crippen LogP contribution in [-0.2, 0) is 0 Å². The molecular formula is C16H11F3N2OS. The summed E-state index contributed by atoms with van der Waals surface area (Å²) < 4.78 is 37.0. The number of para-hydroxylation sites is 1. The van der Waals surface area contributed by atoms with Crippen molar-refractivity contribution in [2.45, 2.75) is 11.1 Å². The summed E-state index contributed by atoms with van der Waals surface area (Å²) in [6.45, 7) is 0. The normalized spacial score (nSPS) is 10.9.